The molecule has 0 fully saturated rings. The summed E-state index contributed by atoms with van der Waals surface area (Å²) in [5, 5.41) is 13.5. The third kappa shape index (κ3) is 5.30. The van der Waals surface area contributed by atoms with Crippen molar-refractivity contribution in [1.82, 2.24) is 15.3 Å². The molecule has 0 saturated carbocycles. The van der Waals surface area contributed by atoms with Crippen LogP contribution in [-0.4, -0.2) is 15.7 Å². The predicted octanol–water partition coefficient (Wildman–Crippen LogP) is 8.85. The number of nitrogens with zero attached hydrogens (tertiary/aromatic N) is 2. The molecule has 0 bridgehead atoms. The number of fused-ring (bicyclic) bond motifs is 1. The first-order valence-electron chi connectivity index (χ1n) is 14.2. The number of rotatable bonds is 6. The summed E-state index contributed by atoms with van der Waals surface area (Å²) < 4.78 is 0. The molecule has 0 spiro atoms. The van der Waals surface area contributed by atoms with Gasteiger partial charge in [0.1, 0.15) is 0 Å². The molecule has 2 aromatic heterocycles. The fraction of sp³-hybridized carbons (Fsp3) is 0. The van der Waals surface area contributed by atoms with Crippen molar-refractivity contribution in [1.29, 1.82) is 5.41 Å². The number of benzene rings is 4. The van der Waals surface area contributed by atoms with E-state index >= 15 is 0 Å². The largest absolute Gasteiger partial charge is 0.354 e. The number of allylic oxidation sites excluding steroid dienone is 1. The Morgan fingerprint density at radius 3 is 1.70 bits per heavy atom. The Labute approximate surface area is 251 Å². The van der Waals surface area contributed by atoms with E-state index in [2.05, 4.69) is 76.0 Å². The summed E-state index contributed by atoms with van der Waals surface area (Å²) in [6.45, 7) is 0. The maximum absolute atomic E-state index is 9.69. The zero-order valence-corrected chi connectivity index (χ0v) is 23.4. The minimum absolute atomic E-state index is 0.444. The standard InChI is InChI=1S/C39H28N4/c40-38(30-11-5-2-6-12-30)37(39-35-14-8-7-13-31(35)26-36(43-39)29-9-3-1-4-10-29)34-24-32(27-15-19-41-20-16-27)23-33(25-34)28-17-21-42-22-18-28/h1-26,40,43H/b39-37-,40-38?. The third-order valence-electron chi connectivity index (χ3n) is 7.69. The number of hydrogen-bond acceptors (Lipinski definition) is 4. The molecule has 4 heteroatoms. The van der Waals surface area contributed by atoms with Crippen LogP contribution in [-0.2, 0) is 0 Å². The lowest BCUT2D eigenvalue weighted by Crippen LogP contribution is -2.20. The molecule has 0 unspecified atom stereocenters. The second-order valence-electron chi connectivity index (χ2n) is 10.4. The normalized spacial score (nSPS) is 13.3. The first-order chi connectivity index (χ1) is 21.2. The van der Waals surface area contributed by atoms with Crippen molar-refractivity contribution in [2.75, 3.05) is 0 Å². The molecule has 0 atom stereocenters. The molecule has 6 aromatic rings. The van der Waals surface area contributed by atoms with Gasteiger partial charge < -0.3 is 5.32 Å². The average Bonchev–Trinajstić information content (AvgIpc) is 3.09. The minimum atomic E-state index is 0.444. The van der Waals surface area contributed by atoms with E-state index in [9.17, 15) is 5.41 Å². The molecule has 0 amide bonds. The van der Waals surface area contributed by atoms with E-state index in [-0.39, 0.29) is 0 Å². The van der Waals surface area contributed by atoms with Crippen LogP contribution in [0.15, 0.2) is 152 Å². The van der Waals surface area contributed by atoms with Gasteiger partial charge in [-0.25, -0.2) is 0 Å². The molecule has 1 aliphatic heterocycles. The van der Waals surface area contributed by atoms with Gasteiger partial charge in [0.2, 0.25) is 0 Å². The second kappa shape index (κ2) is 11.6. The van der Waals surface area contributed by atoms with Gasteiger partial charge in [-0.2, -0.15) is 0 Å². The van der Waals surface area contributed by atoms with Crippen LogP contribution in [0.3, 0.4) is 0 Å². The monoisotopic (exact) mass is 552 g/mol. The van der Waals surface area contributed by atoms with Gasteiger partial charge in [-0.1, -0.05) is 84.9 Å². The molecule has 4 aromatic carbocycles. The van der Waals surface area contributed by atoms with Crippen molar-refractivity contribution in [3.63, 3.8) is 0 Å². The fourth-order valence-corrected chi connectivity index (χ4v) is 5.57. The molecule has 1 aliphatic rings. The number of nitrogens with one attached hydrogen (secondary N) is 2. The van der Waals surface area contributed by atoms with Crippen LogP contribution < -0.4 is 5.32 Å². The van der Waals surface area contributed by atoms with Gasteiger partial charge in [-0.3, -0.25) is 15.4 Å². The van der Waals surface area contributed by atoms with Crippen molar-refractivity contribution >= 4 is 28.8 Å². The Morgan fingerprint density at radius 2 is 1.07 bits per heavy atom. The topological polar surface area (TPSA) is 61.7 Å². The highest BCUT2D eigenvalue weighted by Gasteiger charge is 2.24. The van der Waals surface area contributed by atoms with Crippen LogP contribution in [0.2, 0.25) is 0 Å². The fourth-order valence-electron chi connectivity index (χ4n) is 5.57. The van der Waals surface area contributed by atoms with Gasteiger partial charge in [-0.15, -0.1) is 0 Å². The van der Waals surface area contributed by atoms with Crippen molar-refractivity contribution in [2.45, 2.75) is 0 Å². The lowest BCUT2D eigenvalue weighted by Gasteiger charge is -2.26. The van der Waals surface area contributed by atoms with Gasteiger partial charge in [0, 0.05) is 47.2 Å². The molecular formula is C39H28N4. The van der Waals surface area contributed by atoms with Crippen LogP contribution in [0, 0.1) is 5.41 Å². The predicted molar refractivity (Wildman–Crippen MR) is 177 cm³/mol. The van der Waals surface area contributed by atoms with Crippen LogP contribution in [0.4, 0.5) is 0 Å². The Balaban J connectivity index is 1.53. The molecule has 0 saturated heterocycles. The quantitative estimate of drug-likeness (QED) is 0.203. The van der Waals surface area contributed by atoms with E-state index in [4.69, 9.17) is 0 Å². The molecular weight excluding hydrogens is 524 g/mol. The van der Waals surface area contributed by atoms with Crippen LogP contribution in [0.5, 0.6) is 0 Å². The Hall–Kier alpha value is -5.87. The van der Waals surface area contributed by atoms with Crippen molar-refractivity contribution < 1.29 is 0 Å². The van der Waals surface area contributed by atoms with Crippen LogP contribution >= 0.6 is 0 Å². The molecule has 2 N–H and O–H groups in total. The van der Waals surface area contributed by atoms with Crippen LogP contribution in [0.1, 0.15) is 27.8 Å². The highest BCUT2D eigenvalue weighted by molar-refractivity contribution is 6.36. The molecule has 0 radical (unpaired) electrons. The van der Waals surface area contributed by atoms with Gasteiger partial charge >= 0.3 is 0 Å². The molecule has 43 heavy (non-hydrogen) atoms. The highest BCUT2D eigenvalue weighted by Crippen LogP contribution is 2.38. The SMILES string of the molecule is N=C(/C(=C1\NC(c2ccccc2)=Cc2ccccc21)c1cc(-c2ccncc2)cc(-c2ccncc2)c1)c1ccccc1. The van der Waals surface area contributed by atoms with Gasteiger partial charge in [0.15, 0.2) is 0 Å². The zero-order valence-electron chi connectivity index (χ0n) is 23.4. The van der Waals surface area contributed by atoms with Crippen molar-refractivity contribution in [3.05, 3.63) is 180 Å². The van der Waals surface area contributed by atoms with E-state index < -0.39 is 0 Å². The number of pyridine rings is 2. The van der Waals surface area contributed by atoms with Gasteiger partial charge in [0.25, 0.3) is 0 Å². The smallest absolute Gasteiger partial charge is 0.0711 e. The van der Waals surface area contributed by atoms with E-state index in [1.54, 1.807) is 0 Å². The lowest BCUT2D eigenvalue weighted by molar-refractivity contribution is 1.22. The van der Waals surface area contributed by atoms with Crippen LogP contribution in [0.25, 0.3) is 45.3 Å². The molecule has 3 heterocycles. The summed E-state index contributed by atoms with van der Waals surface area (Å²) in [4.78, 5) is 8.49. The molecule has 0 aliphatic carbocycles. The third-order valence-corrected chi connectivity index (χ3v) is 7.69. The zero-order chi connectivity index (χ0) is 29.0. The van der Waals surface area contributed by atoms with E-state index in [0.29, 0.717) is 5.71 Å². The molecule has 204 valence electrons. The minimum Gasteiger partial charge on any atom is -0.354 e. The number of hydrogen-bond donors (Lipinski definition) is 2. The summed E-state index contributed by atoms with van der Waals surface area (Å²) in [5.74, 6) is 0. The van der Waals surface area contributed by atoms with E-state index in [1.807, 2.05) is 97.6 Å². The highest BCUT2D eigenvalue weighted by atomic mass is 14.9. The summed E-state index contributed by atoms with van der Waals surface area (Å²) in [6.07, 6.45) is 9.45. The average molecular weight is 553 g/mol. The second-order valence-corrected chi connectivity index (χ2v) is 10.4. The molecule has 4 nitrogen and oxygen atoms in total. The maximum Gasteiger partial charge on any atom is 0.0711 e. The Morgan fingerprint density at radius 1 is 0.512 bits per heavy atom. The Kier molecular flexibility index (Phi) is 7.00. The van der Waals surface area contributed by atoms with E-state index in [0.717, 1.165) is 67.0 Å². The first-order valence-corrected chi connectivity index (χ1v) is 14.2. The summed E-state index contributed by atoms with van der Waals surface area (Å²) in [6, 6.07) is 43.4. The summed E-state index contributed by atoms with van der Waals surface area (Å²) >= 11 is 0. The first kappa shape index (κ1) is 26.1. The molecule has 7 rings (SSSR count). The number of aromatic nitrogens is 2. The Bertz CT molecular complexity index is 1920. The van der Waals surface area contributed by atoms with Crippen molar-refractivity contribution in [2.24, 2.45) is 0 Å². The van der Waals surface area contributed by atoms with Crippen molar-refractivity contribution in [3.8, 4) is 22.3 Å². The van der Waals surface area contributed by atoms with E-state index in [1.165, 1.54) is 0 Å². The summed E-state index contributed by atoms with van der Waals surface area (Å²) in [5.41, 5.74) is 12.4. The van der Waals surface area contributed by atoms with Gasteiger partial charge in [0.05, 0.1) is 11.4 Å². The van der Waals surface area contributed by atoms with Gasteiger partial charge in [-0.05, 0) is 87.5 Å². The maximum atomic E-state index is 9.69. The summed E-state index contributed by atoms with van der Waals surface area (Å²) in [7, 11) is 0. The lowest BCUT2D eigenvalue weighted by atomic mass is 9.85.